The summed E-state index contributed by atoms with van der Waals surface area (Å²) in [7, 11) is 0. The molecule has 2 rings (SSSR count). The fraction of sp³-hybridized carbons (Fsp3) is 0.100. The Hall–Kier alpha value is -1.75. The number of Topliss-reactive ketones (excluding diaryl/α,β-unsaturated/α-hetero) is 1. The summed E-state index contributed by atoms with van der Waals surface area (Å²) in [5, 5.41) is 11.3. The van der Waals surface area contributed by atoms with Crippen molar-refractivity contribution in [3.8, 4) is 0 Å². The van der Waals surface area contributed by atoms with Crippen LogP contribution in [0.4, 0.5) is 5.69 Å². The van der Waals surface area contributed by atoms with Gasteiger partial charge in [-0.25, -0.2) is 0 Å². The van der Waals surface area contributed by atoms with Gasteiger partial charge in [0.25, 0.3) is 5.69 Å². The van der Waals surface area contributed by atoms with Gasteiger partial charge in [-0.1, -0.05) is 6.07 Å². The number of hydrogen-bond donors (Lipinski definition) is 0. The molecule has 0 fully saturated rings. The van der Waals surface area contributed by atoms with E-state index < -0.39 is 4.92 Å². The van der Waals surface area contributed by atoms with Crippen molar-refractivity contribution >= 4 is 32.9 Å². The third kappa shape index (κ3) is 1.61. The molecule has 76 valence electrons. The minimum absolute atomic E-state index is 0.0521. The van der Waals surface area contributed by atoms with Gasteiger partial charge in [0, 0.05) is 10.8 Å². The Morgan fingerprint density at radius 1 is 1.47 bits per heavy atom. The Morgan fingerprint density at radius 2 is 2.20 bits per heavy atom. The lowest BCUT2D eigenvalue weighted by Gasteiger charge is -1.91. The van der Waals surface area contributed by atoms with Crippen LogP contribution >= 0.6 is 11.3 Å². The molecule has 0 aliphatic carbocycles. The summed E-state index contributed by atoms with van der Waals surface area (Å²) in [5.74, 6) is -0.0644. The molecule has 0 aliphatic rings. The van der Waals surface area contributed by atoms with E-state index in [0.29, 0.717) is 10.3 Å². The number of thiophene rings is 1. The molecule has 0 N–H and O–H groups in total. The van der Waals surface area contributed by atoms with Crippen molar-refractivity contribution in [1.82, 2.24) is 0 Å². The van der Waals surface area contributed by atoms with Gasteiger partial charge in [-0.2, -0.15) is 0 Å². The number of benzene rings is 1. The van der Waals surface area contributed by atoms with E-state index in [1.807, 2.05) is 0 Å². The summed E-state index contributed by atoms with van der Waals surface area (Å²) in [5.41, 5.74) is 0.0521. The highest BCUT2D eigenvalue weighted by Crippen LogP contribution is 2.32. The number of non-ortho nitro benzene ring substituents is 1. The Morgan fingerprint density at radius 3 is 2.80 bits per heavy atom. The summed E-state index contributed by atoms with van der Waals surface area (Å²) in [6.07, 6.45) is 0. The number of carbonyl (C=O) groups is 1. The molecule has 1 heterocycles. The van der Waals surface area contributed by atoms with Gasteiger partial charge in [0.1, 0.15) is 0 Å². The van der Waals surface area contributed by atoms with Gasteiger partial charge in [-0.05, 0) is 19.1 Å². The molecule has 0 atom stereocenters. The molecule has 15 heavy (non-hydrogen) atoms. The summed E-state index contributed by atoms with van der Waals surface area (Å²) in [4.78, 5) is 22.0. The van der Waals surface area contributed by atoms with E-state index in [4.69, 9.17) is 0 Å². The zero-order valence-electron chi connectivity index (χ0n) is 7.89. The van der Waals surface area contributed by atoms with Crippen molar-refractivity contribution in [2.24, 2.45) is 0 Å². The molecule has 4 nitrogen and oxygen atoms in total. The zero-order chi connectivity index (χ0) is 11.0. The summed E-state index contributed by atoms with van der Waals surface area (Å²) in [6, 6.07) is 6.43. The quantitative estimate of drug-likeness (QED) is 0.445. The minimum Gasteiger partial charge on any atom is -0.294 e. The molecule has 0 spiro atoms. The van der Waals surface area contributed by atoms with Gasteiger partial charge in [-0.15, -0.1) is 11.3 Å². The Labute approximate surface area is 89.3 Å². The molecule has 0 unspecified atom stereocenters. The molecule has 0 saturated carbocycles. The third-order valence-electron chi connectivity index (χ3n) is 2.08. The molecule has 0 amide bonds. The number of hydrogen-bond acceptors (Lipinski definition) is 4. The maximum atomic E-state index is 11.1. The normalized spacial score (nSPS) is 10.5. The number of nitro groups is 1. The summed E-state index contributed by atoms with van der Waals surface area (Å²) < 4.78 is 0.773. The van der Waals surface area contributed by atoms with E-state index in [1.54, 1.807) is 18.2 Å². The first-order valence-corrected chi connectivity index (χ1v) is 5.09. The number of fused-ring (bicyclic) bond motifs is 1. The van der Waals surface area contributed by atoms with Crippen molar-refractivity contribution in [1.29, 1.82) is 0 Å². The summed E-state index contributed by atoms with van der Waals surface area (Å²) >= 11 is 1.28. The first-order valence-electron chi connectivity index (χ1n) is 4.27. The zero-order valence-corrected chi connectivity index (χ0v) is 8.71. The Balaban J connectivity index is 2.75. The van der Waals surface area contributed by atoms with Gasteiger partial charge < -0.3 is 0 Å². The predicted molar refractivity (Wildman–Crippen MR) is 58.5 cm³/mol. The van der Waals surface area contributed by atoms with Crippen LogP contribution in [0.2, 0.25) is 0 Å². The van der Waals surface area contributed by atoms with Gasteiger partial charge in [0.05, 0.1) is 15.2 Å². The van der Waals surface area contributed by atoms with Gasteiger partial charge in [0.15, 0.2) is 5.78 Å². The maximum absolute atomic E-state index is 11.1. The topological polar surface area (TPSA) is 60.2 Å². The maximum Gasteiger partial charge on any atom is 0.278 e. The van der Waals surface area contributed by atoms with Crippen LogP contribution in [0, 0.1) is 10.1 Å². The first kappa shape index (κ1) is 9.79. The van der Waals surface area contributed by atoms with Crippen LogP contribution in [0.15, 0.2) is 24.3 Å². The molecule has 1 aromatic carbocycles. The van der Waals surface area contributed by atoms with Crippen LogP contribution in [0.5, 0.6) is 0 Å². The first-order chi connectivity index (χ1) is 7.09. The lowest BCUT2D eigenvalue weighted by molar-refractivity contribution is -0.383. The highest BCUT2D eigenvalue weighted by molar-refractivity contribution is 7.20. The molecular weight excluding hydrogens is 214 g/mol. The minimum atomic E-state index is -0.432. The lowest BCUT2D eigenvalue weighted by Crippen LogP contribution is -1.87. The van der Waals surface area contributed by atoms with Crippen molar-refractivity contribution in [2.45, 2.75) is 6.92 Å². The fourth-order valence-electron chi connectivity index (χ4n) is 1.38. The lowest BCUT2D eigenvalue weighted by atomic mass is 10.2. The fourth-order valence-corrected chi connectivity index (χ4v) is 2.36. The second kappa shape index (κ2) is 3.43. The second-order valence-corrected chi connectivity index (χ2v) is 4.20. The van der Waals surface area contributed by atoms with E-state index in [1.165, 1.54) is 24.3 Å². The van der Waals surface area contributed by atoms with E-state index in [9.17, 15) is 14.9 Å². The molecule has 0 aliphatic heterocycles. The number of nitro benzene ring substituents is 1. The van der Waals surface area contributed by atoms with Crippen LogP contribution in [0.1, 0.15) is 16.6 Å². The third-order valence-corrected chi connectivity index (χ3v) is 3.28. The molecule has 5 heteroatoms. The van der Waals surface area contributed by atoms with Crippen LogP contribution in [-0.4, -0.2) is 10.7 Å². The SMILES string of the molecule is CC(=O)c1cc2c([N+](=O)[O-])cccc2s1. The molecular formula is C10H7NO3S. The van der Waals surface area contributed by atoms with Crippen LogP contribution in [-0.2, 0) is 0 Å². The Bertz CT molecular complexity index is 559. The molecule has 0 bridgehead atoms. The number of carbonyl (C=O) groups excluding carboxylic acids is 1. The van der Waals surface area contributed by atoms with E-state index in [-0.39, 0.29) is 11.5 Å². The van der Waals surface area contributed by atoms with Crippen LogP contribution in [0.25, 0.3) is 10.1 Å². The number of nitrogens with zero attached hydrogens (tertiary/aromatic N) is 1. The molecule has 0 radical (unpaired) electrons. The molecule has 1 aromatic heterocycles. The van der Waals surface area contributed by atoms with Crippen molar-refractivity contribution in [2.75, 3.05) is 0 Å². The average molecular weight is 221 g/mol. The molecule has 0 saturated heterocycles. The monoisotopic (exact) mass is 221 g/mol. The van der Waals surface area contributed by atoms with Crippen molar-refractivity contribution < 1.29 is 9.72 Å². The van der Waals surface area contributed by atoms with Crippen LogP contribution < -0.4 is 0 Å². The number of rotatable bonds is 2. The summed E-state index contributed by atoms with van der Waals surface area (Å²) in [6.45, 7) is 1.45. The largest absolute Gasteiger partial charge is 0.294 e. The van der Waals surface area contributed by atoms with E-state index in [2.05, 4.69) is 0 Å². The highest BCUT2D eigenvalue weighted by Gasteiger charge is 2.15. The van der Waals surface area contributed by atoms with Gasteiger partial charge in [-0.3, -0.25) is 14.9 Å². The second-order valence-electron chi connectivity index (χ2n) is 3.11. The number of ketones is 1. The highest BCUT2D eigenvalue weighted by atomic mass is 32.1. The van der Waals surface area contributed by atoms with Gasteiger partial charge >= 0.3 is 0 Å². The van der Waals surface area contributed by atoms with E-state index >= 15 is 0 Å². The van der Waals surface area contributed by atoms with Crippen molar-refractivity contribution in [3.63, 3.8) is 0 Å². The van der Waals surface area contributed by atoms with E-state index in [0.717, 1.165) is 4.70 Å². The smallest absolute Gasteiger partial charge is 0.278 e. The Kier molecular flexibility index (Phi) is 2.24. The van der Waals surface area contributed by atoms with Gasteiger partial charge in [0.2, 0.25) is 0 Å². The average Bonchev–Trinajstić information content (AvgIpc) is 2.60. The predicted octanol–water partition coefficient (Wildman–Crippen LogP) is 3.01. The molecule has 2 aromatic rings. The van der Waals surface area contributed by atoms with Crippen LogP contribution in [0.3, 0.4) is 0 Å². The van der Waals surface area contributed by atoms with Crippen molar-refractivity contribution in [3.05, 3.63) is 39.3 Å². The standard InChI is InChI=1S/C10H7NO3S/c1-6(12)10-5-7-8(11(13)14)3-2-4-9(7)15-10/h2-5H,1H3.